The lowest BCUT2D eigenvalue weighted by atomic mass is 10.1. The first kappa shape index (κ1) is 28.9. The molecule has 9 nitrogen and oxygen atoms in total. The Hall–Kier alpha value is -3.34. The second-order valence-corrected chi connectivity index (χ2v) is 10.6. The fourth-order valence-electron chi connectivity index (χ4n) is 3.43. The molecule has 0 saturated carbocycles. The number of benzene rings is 2. The van der Waals surface area contributed by atoms with Crippen LogP contribution in [0.2, 0.25) is 0 Å². The van der Waals surface area contributed by atoms with Crippen molar-refractivity contribution in [1.29, 1.82) is 0 Å². The number of methoxy groups -OCH3 is 2. The Morgan fingerprint density at radius 3 is 2.28 bits per heavy atom. The average molecular weight is 524 g/mol. The number of rotatable bonds is 12. The van der Waals surface area contributed by atoms with Crippen molar-refractivity contribution in [2.75, 3.05) is 37.9 Å². The smallest absolute Gasteiger partial charge is 0.244 e. The molecule has 0 heterocycles. The normalized spacial score (nSPS) is 12.1. The third-order valence-corrected chi connectivity index (χ3v) is 6.61. The van der Waals surface area contributed by atoms with Crippen LogP contribution < -0.4 is 19.1 Å². The molecule has 0 spiro atoms. The van der Waals surface area contributed by atoms with Crippen molar-refractivity contribution in [2.24, 2.45) is 5.92 Å². The number of hydrogen-bond acceptors (Lipinski definition) is 6. The molecular formula is C25H34FN3O6S. The Morgan fingerprint density at radius 1 is 1.06 bits per heavy atom. The number of carbonyl (C=O) groups excluding carboxylic acids is 2. The molecule has 2 amide bonds. The Morgan fingerprint density at radius 2 is 1.72 bits per heavy atom. The molecule has 2 aromatic carbocycles. The Labute approximate surface area is 212 Å². The van der Waals surface area contributed by atoms with Crippen LogP contribution in [0, 0.1) is 11.7 Å². The minimum absolute atomic E-state index is 0.122. The van der Waals surface area contributed by atoms with Crippen LogP contribution in [0.1, 0.15) is 26.3 Å². The highest BCUT2D eigenvalue weighted by atomic mass is 32.2. The van der Waals surface area contributed by atoms with E-state index in [4.69, 9.17) is 9.47 Å². The van der Waals surface area contributed by atoms with Gasteiger partial charge in [-0.15, -0.1) is 0 Å². The van der Waals surface area contributed by atoms with E-state index in [2.05, 4.69) is 5.32 Å². The van der Waals surface area contributed by atoms with E-state index in [1.165, 1.54) is 56.4 Å². The molecule has 198 valence electrons. The van der Waals surface area contributed by atoms with Gasteiger partial charge in [0.15, 0.2) is 0 Å². The molecule has 1 atom stereocenters. The number of anilines is 1. The maximum Gasteiger partial charge on any atom is 0.244 e. The first-order chi connectivity index (χ1) is 16.9. The van der Waals surface area contributed by atoms with Crippen molar-refractivity contribution in [3.05, 3.63) is 53.8 Å². The zero-order valence-corrected chi connectivity index (χ0v) is 22.3. The molecule has 0 bridgehead atoms. The number of carbonyl (C=O) groups is 2. The summed E-state index contributed by atoms with van der Waals surface area (Å²) in [6.45, 7) is 4.92. The van der Waals surface area contributed by atoms with E-state index in [1.807, 2.05) is 13.8 Å². The lowest BCUT2D eigenvalue weighted by molar-refractivity contribution is -0.139. The van der Waals surface area contributed by atoms with Gasteiger partial charge in [-0.2, -0.15) is 0 Å². The molecule has 0 aliphatic carbocycles. The quantitative estimate of drug-likeness (QED) is 0.459. The summed E-state index contributed by atoms with van der Waals surface area (Å²) >= 11 is 0. The number of sulfonamides is 1. The largest absolute Gasteiger partial charge is 0.497 e. The van der Waals surface area contributed by atoms with Crippen LogP contribution in [0.3, 0.4) is 0 Å². The van der Waals surface area contributed by atoms with E-state index < -0.39 is 40.2 Å². The second kappa shape index (κ2) is 12.6. The fraction of sp³-hybridized carbons (Fsp3) is 0.440. The van der Waals surface area contributed by atoms with E-state index in [-0.39, 0.29) is 29.5 Å². The standard InChI is InChI=1S/C25H34FN3O6S/c1-17(2)14-27-25(31)18(3)28(15-19-9-7-8-10-21(19)26)24(30)16-29(36(6,32)33)22-12-11-20(34-4)13-23(22)35-5/h7-13,17-18H,14-16H2,1-6H3,(H,27,31). The number of halogens is 1. The molecule has 0 aromatic heterocycles. The van der Waals surface area contributed by atoms with Gasteiger partial charge in [0.1, 0.15) is 29.9 Å². The van der Waals surface area contributed by atoms with Crippen LogP contribution >= 0.6 is 0 Å². The van der Waals surface area contributed by atoms with Gasteiger partial charge < -0.3 is 19.7 Å². The van der Waals surface area contributed by atoms with Crippen molar-refractivity contribution < 1.29 is 31.9 Å². The molecule has 2 aromatic rings. The second-order valence-electron chi connectivity index (χ2n) is 8.74. The Balaban J connectivity index is 2.45. The molecule has 2 rings (SSSR count). The summed E-state index contributed by atoms with van der Waals surface area (Å²) in [4.78, 5) is 27.5. The van der Waals surface area contributed by atoms with Gasteiger partial charge in [-0.25, -0.2) is 12.8 Å². The van der Waals surface area contributed by atoms with Crippen molar-refractivity contribution >= 4 is 27.5 Å². The lowest BCUT2D eigenvalue weighted by Gasteiger charge is -2.32. The van der Waals surface area contributed by atoms with Crippen molar-refractivity contribution in [2.45, 2.75) is 33.4 Å². The molecule has 0 fully saturated rings. The van der Waals surface area contributed by atoms with E-state index in [9.17, 15) is 22.4 Å². The van der Waals surface area contributed by atoms with Gasteiger partial charge in [0.25, 0.3) is 0 Å². The molecular weight excluding hydrogens is 489 g/mol. The summed E-state index contributed by atoms with van der Waals surface area (Å²) in [6.07, 6.45) is 0.962. The lowest BCUT2D eigenvalue weighted by Crippen LogP contribution is -2.51. The average Bonchev–Trinajstić information content (AvgIpc) is 2.83. The topological polar surface area (TPSA) is 105 Å². The van der Waals surface area contributed by atoms with Crippen LogP contribution in [0.4, 0.5) is 10.1 Å². The van der Waals surface area contributed by atoms with Gasteiger partial charge in [-0.05, 0) is 31.0 Å². The fourth-order valence-corrected chi connectivity index (χ4v) is 4.28. The third-order valence-electron chi connectivity index (χ3n) is 5.49. The first-order valence-corrected chi connectivity index (χ1v) is 13.2. The maximum atomic E-state index is 14.4. The number of nitrogens with one attached hydrogen (secondary N) is 1. The summed E-state index contributed by atoms with van der Waals surface area (Å²) in [5.74, 6) is -0.861. The molecule has 0 radical (unpaired) electrons. The first-order valence-electron chi connectivity index (χ1n) is 11.4. The van der Waals surface area contributed by atoms with Crippen molar-refractivity contribution in [3.63, 3.8) is 0 Å². The van der Waals surface area contributed by atoms with Crippen molar-refractivity contribution in [3.8, 4) is 11.5 Å². The maximum absolute atomic E-state index is 14.4. The molecule has 0 aliphatic rings. The van der Waals surface area contributed by atoms with E-state index in [0.717, 1.165) is 10.6 Å². The van der Waals surface area contributed by atoms with Gasteiger partial charge in [-0.1, -0.05) is 32.0 Å². The minimum Gasteiger partial charge on any atom is -0.497 e. The van der Waals surface area contributed by atoms with Crippen LogP contribution in [-0.4, -0.2) is 64.7 Å². The monoisotopic (exact) mass is 523 g/mol. The number of amides is 2. The van der Waals surface area contributed by atoms with Crippen molar-refractivity contribution in [1.82, 2.24) is 10.2 Å². The van der Waals surface area contributed by atoms with Crippen LogP contribution in [0.25, 0.3) is 0 Å². The predicted octanol–water partition coefficient (Wildman–Crippen LogP) is 2.80. The molecule has 36 heavy (non-hydrogen) atoms. The highest BCUT2D eigenvalue weighted by Crippen LogP contribution is 2.33. The van der Waals surface area contributed by atoms with Gasteiger partial charge in [-0.3, -0.25) is 13.9 Å². The molecule has 0 aliphatic heterocycles. The van der Waals surface area contributed by atoms with E-state index in [1.54, 1.807) is 12.1 Å². The number of hydrogen-bond donors (Lipinski definition) is 1. The molecule has 1 unspecified atom stereocenters. The summed E-state index contributed by atoms with van der Waals surface area (Å²) in [6, 6.07) is 9.42. The Bertz CT molecular complexity index is 1170. The predicted molar refractivity (Wildman–Crippen MR) is 136 cm³/mol. The van der Waals surface area contributed by atoms with Gasteiger partial charge in [0.05, 0.1) is 26.2 Å². The Kier molecular flexibility index (Phi) is 10.1. The third kappa shape index (κ3) is 7.58. The van der Waals surface area contributed by atoms with Crippen LogP contribution in [-0.2, 0) is 26.2 Å². The highest BCUT2D eigenvalue weighted by molar-refractivity contribution is 7.92. The minimum atomic E-state index is -3.96. The zero-order chi connectivity index (χ0) is 27.0. The molecule has 0 saturated heterocycles. The van der Waals surface area contributed by atoms with Crippen LogP contribution in [0.5, 0.6) is 11.5 Å². The van der Waals surface area contributed by atoms with Gasteiger partial charge >= 0.3 is 0 Å². The summed E-state index contributed by atoms with van der Waals surface area (Å²) < 4.78 is 51.3. The summed E-state index contributed by atoms with van der Waals surface area (Å²) in [5.41, 5.74) is 0.319. The van der Waals surface area contributed by atoms with Gasteiger partial charge in [0, 0.05) is 24.7 Å². The molecule has 1 N–H and O–H groups in total. The van der Waals surface area contributed by atoms with Gasteiger partial charge in [0.2, 0.25) is 21.8 Å². The molecule has 11 heteroatoms. The summed E-state index contributed by atoms with van der Waals surface area (Å²) in [5, 5.41) is 2.77. The van der Waals surface area contributed by atoms with E-state index >= 15 is 0 Å². The SMILES string of the molecule is COc1ccc(N(CC(=O)N(Cc2ccccc2F)C(C)C(=O)NCC(C)C)S(C)(=O)=O)c(OC)c1. The highest BCUT2D eigenvalue weighted by Gasteiger charge is 2.31. The number of ether oxygens (including phenoxy) is 2. The van der Waals surface area contributed by atoms with Crippen LogP contribution in [0.15, 0.2) is 42.5 Å². The summed E-state index contributed by atoms with van der Waals surface area (Å²) in [7, 11) is -1.13. The number of nitrogens with zero attached hydrogens (tertiary/aromatic N) is 2. The zero-order valence-electron chi connectivity index (χ0n) is 21.4. The van der Waals surface area contributed by atoms with E-state index in [0.29, 0.717) is 12.3 Å².